The lowest BCUT2D eigenvalue weighted by Crippen LogP contribution is -2.30. The second kappa shape index (κ2) is 17.5. The third-order valence-corrected chi connectivity index (χ3v) is 11.3. The number of methoxy groups -OCH3 is 1. The molecule has 4 rings (SSSR count). The third-order valence-electron chi connectivity index (χ3n) is 11.3. The van der Waals surface area contributed by atoms with Gasteiger partial charge in [-0.25, -0.2) is 4.79 Å². The predicted molar refractivity (Wildman–Crippen MR) is 183 cm³/mol. The highest BCUT2D eigenvalue weighted by Gasteiger charge is 2.30. The lowest BCUT2D eigenvalue weighted by molar-refractivity contribution is -0.142. The number of ether oxygens (including phenoxy) is 2. The Morgan fingerprint density at radius 3 is 2.18 bits per heavy atom. The first-order valence-electron chi connectivity index (χ1n) is 17.9. The number of aliphatic hydroxyl groups is 1. The minimum Gasteiger partial charge on any atom is -0.462 e. The average molecular weight is 605 g/mol. The Morgan fingerprint density at radius 2 is 1.59 bits per heavy atom. The molecule has 244 valence electrons. The molecule has 4 heteroatoms. The van der Waals surface area contributed by atoms with Crippen molar-refractivity contribution < 1.29 is 19.4 Å². The molecular weight excluding hydrogens is 544 g/mol. The van der Waals surface area contributed by atoms with E-state index in [1.54, 1.807) is 35.0 Å². The van der Waals surface area contributed by atoms with Crippen LogP contribution in [0.25, 0.3) is 5.57 Å². The third kappa shape index (κ3) is 9.19. The Kier molecular flexibility index (Phi) is 13.8. The number of allylic oxidation sites excluding steroid dienone is 4. The van der Waals surface area contributed by atoms with Gasteiger partial charge in [0.15, 0.2) is 0 Å². The van der Waals surface area contributed by atoms with Crippen LogP contribution in [0, 0.1) is 23.7 Å². The number of carbonyl (C=O) groups is 1. The van der Waals surface area contributed by atoms with Crippen LogP contribution in [0.3, 0.4) is 0 Å². The first kappa shape index (κ1) is 34.7. The van der Waals surface area contributed by atoms with Crippen molar-refractivity contribution in [2.24, 2.45) is 23.7 Å². The number of rotatable bonds is 15. The minimum absolute atomic E-state index is 0.115. The summed E-state index contributed by atoms with van der Waals surface area (Å²) in [6.45, 7) is 11.1. The van der Waals surface area contributed by atoms with Gasteiger partial charge in [-0.05, 0) is 122 Å². The lowest BCUT2D eigenvalue weighted by atomic mass is 9.72. The number of esters is 1. The van der Waals surface area contributed by atoms with E-state index >= 15 is 0 Å². The van der Waals surface area contributed by atoms with Crippen LogP contribution < -0.4 is 0 Å². The highest BCUT2D eigenvalue weighted by Crippen LogP contribution is 2.42. The number of benzene rings is 1. The molecule has 0 radical (unpaired) electrons. The van der Waals surface area contributed by atoms with E-state index in [0.29, 0.717) is 19.1 Å². The maximum absolute atomic E-state index is 12.0. The van der Waals surface area contributed by atoms with Gasteiger partial charge >= 0.3 is 5.97 Å². The van der Waals surface area contributed by atoms with Gasteiger partial charge in [0.05, 0.1) is 25.4 Å². The van der Waals surface area contributed by atoms with Crippen molar-refractivity contribution in [3.8, 4) is 0 Å². The van der Waals surface area contributed by atoms with Crippen molar-refractivity contribution in [3.05, 3.63) is 64.3 Å². The van der Waals surface area contributed by atoms with Gasteiger partial charge in [-0.15, -0.1) is 0 Å². The Balaban J connectivity index is 1.22. The molecule has 0 spiro atoms. The van der Waals surface area contributed by atoms with E-state index in [0.717, 1.165) is 30.6 Å². The number of hydrogen-bond acceptors (Lipinski definition) is 4. The summed E-state index contributed by atoms with van der Waals surface area (Å²) >= 11 is 0. The molecule has 3 aliphatic carbocycles. The lowest BCUT2D eigenvalue weighted by Gasteiger charge is -2.35. The van der Waals surface area contributed by atoms with E-state index in [2.05, 4.69) is 51.6 Å². The zero-order valence-electron chi connectivity index (χ0n) is 28.3. The highest BCUT2D eigenvalue weighted by atomic mass is 16.5. The van der Waals surface area contributed by atoms with E-state index in [4.69, 9.17) is 14.6 Å². The van der Waals surface area contributed by atoms with Gasteiger partial charge in [-0.1, -0.05) is 82.9 Å². The van der Waals surface area contributed by atoms with Crippen molar-refractivity contribution in [2.45, 2.75) is 123 Å². The number of aliphatic hydroxyl groups excluding tert-OH is 1. The SMILES string of the molecule is C=C(CO)C(=O)OCC(COC)C1CCC(CCC2CCC(c3ccc(C4=CC(CC)=C(CC)CC4)c(CC)c3)CC2)CC1. The molecule has 2 fully saturated rings. The Labute approximate surface area is 268 Å². The standard InChI is InChI=1S/C40H60O4/c1-6-31-19-20-37(23-32(31)7-2)39-22-21-36(24-33(39)8-3)34-15-11-29(12-16-34)9-10-30-13-17-35(18-14-30)38(26-43-5)27-44-40(42)28(4)25-41/h21-24,29-30,34-35,38,41H,4,6-20,25-27H2,1-3,5H3. The van der Waals surface area contributed by atoms with E-state index in [1.165, 1.54) is 89.0 Å². The van der Waals surface area contributed by atoms with Gasteiger partial charge in [0.1, 0.15) is 0 Å². The molecule has 4 nitrogen and oxygen atoms in total. The molecule has 0 bridgehead atoms. The summed E-state index contributed by atoms with van der Waals surface area (Å²) in [6.07, 6.45) is 21.5. The smallest absolute Gasteiger partial charge is 0.335 e. The summed E-state index contributed by atoms with van der Waals surface area (Å²) in [5.74, 6) is 2.69. The van der Waals surface area contributed by atoms with Gasteiger partial charge in [0, 0.05) is 13.0 Å². The fraction of sp³-hybridized carbons (Fsp3) is 0.675. The molecule has 2 saturated carbocycles. The largest absolute Gasteiger partial charge is 0.462 e. The van der Waals surface area contributed by atoms with Crippen LogP contribution in [-0.4, -0.2) is 38.0 Å². The zero-order chi connectivity index (χ0) is 31.5. The Morgan fingerprint density at radius 1 is 0.909 bits per heavy atom. The summed E-state index contributed by atoms with van der Waals surface area (Å²) in [5.41, 5.74) is 9.54. The minimum atomic E-state index is -0.495. The summed E-state index contributed by atoms with van der Waals surface area (Å²) < 4.78 is 10.9. The van der Waals surface area contributed by atoms with Crippen LogP contribution in [0.4, 0.5) is 0 Å². The highest BCUT2D eigenvalue weighted by molar-refractivity contribution is 5.87. The average Bonchev–Trinajstić information content (AvgIpc) is 3.08. The van der Waals surface area contributed by atoms with Crippen LogP contribution in [-0.2, 0) is 20.7 Å². The number of hydrogen-bond donors (Lipinski definition) is 1. The molecule has 3 aliphatic rings. The maximum atomic E-state index is 12.0. The van der Waals surface area contributed by atoms with Crippen molar-refractivity contribution in [1.29, 1.82) is 0 Å². The quantitative estimate of drug-likeness (QED) is 0.160. The first-order chi connectivity index (χ1) is 21.4. The van der Waals surface area contributed by atoms with Crippen molar-refractivity contribution >= 4 is 11.5 Å². The predicted octanol–water partition coefficient (Wildman–Crippen LogP) is 9.76. The topological polar surface area (TPSA) is 55.8 Å². The van der Waals surface area contributed by atoms with Crippen LogP contribution in [0.2, 0.25) is 0 Å². The molecule has 1 N–H and O–H groups in total. The molecule has 0 amide bonds. The normalized spacial score (nSPS) is 25.0. The van der Waals surface area contributed by atoms with Gasteiger partial charge in [0.2, 0.25) is 0 Å². The molecule has 44 heavy (non-hydrogen) atoms. The maximum Gasteiger partial charge on any atom is 0.335 e. The van der Waals surface area contributed by atoms with Crippen LogP contribution in [0.5, 0.6) is 0 Å². The Hall–Kier alpha value is -2.17. The van der Waals surface area contributed by atoms with Crippen LogP contribution >= 0.6 is 0 Å². The van der Waals surface area contributed by atoms with E-state index in [1.807, 2.05) is 0 Å². The van der Waals surface area contributed by atoms with E-state index in [-0.39, 0.29) is 18.1 Å². The monoisotopic (exact) mass is 604 g/mol. The fourth-order valence-electron chi connectivity index (χ4n) is 8.36. The molecule has 1 unspecified atom stereocenters. The van der Waals surface area contributed by atoms with Gasteiger partial charge in [0.25, 0.3) is 0 Å². The molecule has 0 aromatic heterocycles. The van der Waals surface area contributed by atoms with Crippen molar-refractivity contribution in [1.82, 2.24) is 0 Å². The molecular formula is C40H60O4. The fourth-order valence-corrected chi connectivity index (χ4v) is 8.36. The first-order valence-corrected chi connectivity index (χ1v) is 17.9. The van der Waals surface area contributed by atoms with Crippen LogP contribution in [0.1, 0.15) is 133 Å². The molecule has 1 aromatic carbocycles. The number of aryl methyl sites for hydroxylation is 1. The molecule has 0 aliphatic heterocycles. The van der Waals surface area contributed by atoms with Crippen molar-refractivity contribution in [3.63, 3.8) is 0 Å². The second-order valence-corrected chi connectivity index (χ2v) is 13.9. The molecule has 1 atom stereocenters. The molecule has 0 saturated heterocycles. The second-order valence-electron chi connectivity index (χ2n) is 13.9. The summed E-state index contributed by atoms with van der Waals surface area (Å²) in [4.78, 5) is 12.0. The van der Waals surface area contributed by atoms with Gasteiger partial charge in [-0.3, -0.25) is 0 Å². The molecule has 0 heterocycles. The zero-order valence-corrected chi connectivity index (χ0v) is 28.3. The molecule has 1 aromatic rings. The van der Waals surface area contributed by atoms with E-state index < -0.39 is 5.97 Å². The Bertz CT molecular complexity index is 1140. The van der Waals surface area contributed by atoms with Gasteiger partial charge in [-0.2, -0.15) is 0 Å². The summed E-state index contributed by atoms with van der Waals surface area (Å²) in [5, 5.41) is 9.13. The summed E-state index contributed by atoms with van der Waals surface area (Å²) in [6, 6.07) is 7.48. The van der Waals surface area contributed by atoms with Crippen molar-refractivity contribution in [2.75, 3.05) is 26.9 Å². The number of carbonyl (C=O) groups excluding carboxylic acids is 1. The van der Waals surface area contributed by atoms with Gasteiger partial charge < -0.3 is 14.6 Å². The summed E-state index contributed by atoms with van der Waals surface area (Å²) in [7, 11) is 1.72. The van der Waals surface area contributed by atoms with E-state index in [9.17, 15) is 4.79 Å². The van der Waals surface area contributed by atoms with Crippen LogP contribution in [0.15, 0.2) is 47.6 Å².